The molecule has 0 bridgehead atoms. The van der Waals surface area contributed by atoms with E-state index in [2.05, 4.69) is 4.98 Å². The smallest absolute Gasteiger partial charge is 0.294 e. The summed E-state index contributed by atoms with van der Waals surface area (Å²) < 4.78 is 27.4. The predicted octanol–water partition coefficient (Wildman–Crippen LogP) is 2.69. The van der Waals surface area contributed by atoms with Gasteiger partial charge in [0.25, 0.3) is 0 Å². The third-order valence-corrected chi connectivity index (χ3v) is 2.61. The molecule has 0 radical (unpaired) electrons. The second-order valence-electron chi connectivity index (χ2n) is 3.93. The zero-order chi connectivity index (χ0) is 14.7. The SMILES string of the molecule is O=C(Cc1ccccn1)c1c(F)ccc([N+](=O)[O-])c1F. The number of rotatable bonds is 4. The van der Waals surface area contributed by atoms with Crippen LogP contribution in [0.5, 0.6) is 0 Å². The maximum absolute atomic E-state index is 13.8. The van der Waals surface area contributed by atoms with E-state index in [-0.39, 0.29) is 6.42 Å². The van der Waals surface area contributed by atoms with E-state index >= 15 is 0 Å². The second kappa shape index (κ2) is 5.52. The van der Waals surface area contributed by atoms with E-state index < -0.39 is 33.6 Å². The molecular formula is C13H8F2N2O3. The fourth-order valence-electron chi connectivity index (χ4n) is 1.69. The average molecular weight is 278 g/mol. The summed E-state index contributed by atoms with van der Waals surface area (Å²) in [6.45, 7) is 0. The van der Waals surface area contributed by atoms with Crippen LogP contribution in [0.3, 0.4) is 0 Å². The van der Waals surface area contributed by atoms with Crippen LogP contribution in [-0.4, -0.2) is 15.7 Å². The van der Waals surface area contributed by atoms with Crippen molar-refractivity contribution in [2.75, 3.05) is 0 Å². The van der Waals surface area contributed by atoms with E-state index in [0.717, 1.165) is 0 Å². The van der Waals surface area contributed by atoms with E-state index in [1.54, 1.807) is 12.1 Å². The third kappa shape index (κ3) is 2.66. The zero-order valence-corrected chi connectivity index (χ0v) is 10.0. The Balaban J connectivity index is 2.39. The fourth-order valence-corrected chi connectivity index (χ4v) is 1.69. The van der Waals surface area contributed by atoms with Gasteiger partial charge in [-0.1, -0.05) is 6.07 Å². The molecule has 5 nitrogen and oxygen atoms in total. The fraction of sp³-hybridized carbons (Fsp3) is 0.0769. The number of halogens is 2. The number of aromatic nitrogens is 1. The summed E-state index contributed by atoms with van der Waals surface area (Å²) in [5.74, 6) is -3.49. The number of nitro groups is 1. The average Bonchev–Trinajstić information content (AvgIpc) is 2.39. The Kier molecular flexibility index (Phi) is 3.79. The highest BCUT2D eigenvalue weighted by Crippen LogP contribution is 2.24. The molecule has 0 saturated heterocycles. The van der Waals surface area contributed by atoms with Gasteiger partial charge in [0.05, 0.1) is 16.9 Å². The van der Waals surface area contributed by atoms with Crippen molar-refractivity contribution in [3.05, 3.63) is 69.5 Å². The number of benzene rings is 1. The molecule has 0 aliphatic rings. The Morgan fingerprint density at radius 1 is 1.25 bits per heavy atom. The number of nitro benzene ring substituents is 1. The van der Waals surface area contributed by atoms with Crippen LogP contribution < -0.4 is 0 Å². The molecule has 0 amide bonds. The monoisotopic (exact) mass is 278 g/mol. The molecule has 0 saturated carbocycles. The van der Waals surface area contributed by atoms with Gasteiger partial charge in [0.1, 0.15) is 5.82 Å². The van der Waals surface area contributed by atoms with Crippen LogP contribution in [-0.2, 0) is 6.42 Å². The molecule has 7 heteroatoms. The van der Waals surface area contributed by atoms with Crippen molar-refractivity contribution >= 4 is 11.5 Å². The van der Waals surface area contributed by atoms with Gasteiger partial charge < -0.3 is 0 Å². The van der Waals surface area contributed by atoms with Gasteiger partial charge in [-0.3, -0.25) is 19.9 Å². The van der Waals surface area contributed by atoms with E-state index in [9.17, 15) is 23.7 Å². The van der Waals surface area contributed by atoms with Gasteiger partial charge in [0.2, 0.25) is 5.82 Å². The van der Waals surface area contributed by atoms with Crippen LogP contribution >= 0.6 is 0 Å². The zero-order valence-electron chi connectivity index (χ0n) is 10.0. The number of hydrogen-bond donors (Lipinski definition) is 0. The molecule has 0 N–H and O–H groups in total. The van der Waals surface area contributed by atoms with Crippen LogP contribution in [0.25, 0.3) is 0 Å². The standard InChI is InChI=1S/C13H8F2N2O3/c14-9-4-5-10(17(19)20)13(15)12(9)11(18)7-8-3-1-2-6-16-8/h1-6H,7H2. The first-order chi connectivity index (χ1) is 9.50. The lowest BCUT2D eigenvalue weighted by atomic mass is 10.0. The molecule has 1 heterocycles. The van der Waals surface area contributed by atoms with Crippen LogP contribution in [0.2, 0.25) is 0 Å². The summed E-state index contributed by atoms with van der Waals surface area (Å²) >= 11 is 0. The molecule has 0 unspecified atom stereocenters. The van der Waals surface area contributed by atoms with Gasteiger partial charge in [-0.25, -0.2) is 4.39 Å². The second-order valence-corrected chi connectivity index (χ2v) is 3.93. The van der Waals surface area contributed by atoms with E-state index in [0.29, 0.717) is 17.8 Å². The molecule has 0 aliphatic carbocycles. The largest absolute Gasteiger partial charge is 0.305 e. The minimum atomic E-state index is -1.46. The highest BCUT2D eigenvalue weighted by molar-refractivity contribution is 5.98. The number of Topliss-reactive ketones (excluding diaryl/α,β-unsaturated/α-hetero) is 1. The molecule has 0 spiro atoms. The van der Waals surface area contributed by atoms with Gasteiger partial charge in [-0.15, -0.1) is 0 Å². The summed E-state index contributed by atoms with van der Waals surface area (Å²) in [4.78, 5) is 25.3. The summed E-state index contributed by atoms with van der Waals surface area (Å²) in [5, 5.41) is 10.6. The molecule has 2 rings (SSSR count). The summed E-state index contributed by atoms with van der Waals surface area (Å²) in [6, 6.07) is 6.15. The number of hydrogen-bond acceptors (Lipinski definition) is 4. The van der Waals surface area contributed by atoms with E-state index in [1.165, 1.54) is 12.3 Å². The van der Waals surface area contributed by atoms with Crippen molar-refractivity contribution in [1.82, 2.24) is 4.98 Å². The Hall–Kier alpha value is -2.70. The van der Waals surface area contributed by atoms with Crippen molar-refractivity contribution < 1.29 is 18.5 Å². The predicted molar refractivity (Wildman–Crippen MR) is 65.3 cm³/mol. The molecule has 2 aromatic rings. The van der Waals surface area contributed by atoms with Gasteiger partial charge >= 0.3 is 5.69 Å². The van der Waals surface area contributed by atoms with Crippen LogP contribution in [0, 0.1) is 21.7 Å². The number of ketones is 1. The molecule has 0 atom stereocenters. The van der Waals surface area contributed by atoms with Gasteiger partial charge in [-0.05, 0) is 18.2 Å². The lowest BCUT2D eigenvalue weighted by Gasteiger charge is -2.04. The maximum atomic E-state index is 13.8. The summed E-state index contributed by atoms with van der Waals surface area (Å²) in [7, 11) is 0. The van der Waals surface area contributed by atoms with Crippen molar-refractivity contribution in [3.63, 3.8) is 0 Å². The van der Waals surface area contributed by atoms with Gasteiger partial charge in [-0.2, -0.15) is 4.39 Å². The quantitative estimate of drug-likeness (QED) is 0.489. The highest BCUT2D eigenvalue weighted by Gasteiger charge is 2.26. The summed E-state index contributed by atoms with van der Waals surface area (Å²) in [5.41, 5.74) is -1.52. The Morgan fingerprint density at radius 2 is 2.00 bits per heavy atom. The van der Waals surface area contributed by atoms with E-state index in [4.69, 9.17) is 0 Å². The minimum Gasteiger partial charge on any atom is -0.294 e. The lowest BCUT2D eigenvalue weighted by molar-refractivity contribution is -0.387. The first kappa shape index (κ1) is 13.7. The Labute approximate surface area is 112 Å². The molecule has 0 aliphatic heterocycles. The normalized spacial score (nSPS) is 10.3. The minimum absolute atomic E-state index is 0.322. The van der Waals surface area contributed by atoms with E-state index in [1.807, 2.05) is 0 Å². The first-order valence-corrected chi connectivity index (χ1v) is 5.56. The maximum Gasteiger partial charge on any atom is 0.305 e. The summed E-state index contributed by atoms with van der Waals surface area (Å²) in [6.07, 6.45) is 1.10. The Morgan fingerprint density at radius 3 is 2.60 bits per heavy atom. The van der Waals surface area contributed by atoms with Crippen LogP contribution in [0.15, 0.2) is 36.5 Å². The van der Waals surface area contributed by atoms with Crippen LogP contribution in [0.1, 0.15) is 16.1 Å². The van der Waals surface area contributed by atoms with Crippen molar-refractivity contribution in [1.29, 1.82) is 0 Å². The highest BCUT2D eigenvalue weighted by atomic mass is 19.1. The number of carbonyl (C=O) groups excluding carboxylic acids is 1. The molecule has 20 heavy (non-hydrogen) atoms. The molecule has 0 fully saturated rings. The third-order valence-electron chi connectivity index (χ3n) is 2.61. The van der Waals surface area contributed by atoms with Crippen LogP contribution in [0.4, 0.5) is 14.5 Å². The van der Waals surface area contributed by atoms with Gasteiger partial charge in [0, 0.05) is 18.0 Å². The van der Waals surface area contributed by atoms with Crippen molar-refractivity contribution in [2.24, 2.45) is 0 Å². The molecular weight excluding hydrogens is 270 g/mol. The lowest BCUT2D eigenvalue weighted by Crippen LogP contribution is -2.11. The number of nitrogens with zero attached hydrogens (tertiary/aromatic N) is 2. The van der Waals surface area contributed by atoms with Crippen molar-refractivity contribution in [2.45, 2.75) is 6.42 Å². The first-order valence-electron chi connectivity index (χ1n) is 5.56. The molecule has 1 aromatic heterocycles. The van der Waals surface area contributed by atoms with Crippen molar-refractivity contribution in [3.8, 4) is 0 Å². The number of carbonyl (C=O) groups is 1. The topological polar surface area (TPSA) is 73.1 Å². The Bertz CT molecular complexity index is 675. The molecule has 1 aromatic carbocycles. The van der Waals surface area contributed by atoms with Gasteiger partial charge in [0.15, 0.2) is 5.78 Å². The number of pyridine rings is 1. The molecule has 102 valence electrons.